The first-order valence-electron chi connectivity index (χ1n) is 5.28. The van der Waals surface area contributed by atoms with Crippen LogP contribution in [0.5, 0.6) is 0 Å². The lowest BCUT2D eigenvalue weighted by Crippen LogP contribution is -2.49. The number of rotatable bonds is 2. The summed E-state index contributed by atoms with van der Waals surface area (Å²) in [6.45, 7) is 12.4. The molecule has 1 amide bonds. The molecule has 0 aliphatic carbocycles. The van der Waals surface area contributed by atoms with E-state index in [2.05, 4.69) is 0 Å². The van der Waals surface area contributed by atoms with E-state index >= 15 is 0 Å². The van der Waals surface area contributed by atoms with Crippen molar-refractivity contribution in [1.82, 2.24) is 4.90 Å². The van der Waals surface area contributed by atoms with Crippen LogP contribution in [0.1, 0.15) is 41.5 Å². The molecule has 2 N–H and O–H groups in total. The van der Waals surface area contributed by atoms with E-state index in [1.54, 1.807) is 4.90 Å². The van der Waals surface area contributed by atoms with Gasteiger partial charge in [0, 0.05) is 18.6 Å². The van der Waals surface area contributed by atoms with Gasteiger partial charge in [-0.2, -0.15) is 0 Å². The van der Waals surface area contributed by atoms with Crippen molar-refractivity contribution in [2.24, 2.45) is 5.73 Å². The highest BCUT2D eigenvalue weighted by Crippen LogP contribution is 2.17. The molecule has 0 aliphatic rings. The average Bonchev–Trinajstić information content (AvgIpc) is 1.93. The predicted molar refractivity (Wildman–Crippen MR) is 61.7 cm³/mol. The maximum atomic E-state index is 11.8. The first-order valence-corrected chi connectivity index (χ1v) is 5.28. The van der Waals surface area contributed by atoms with E-state index in [0.717, 1.165) is 0 Å². The molecule has 0 bridgehead atoms. The van der Waals surface area contributed by atoms with Gasteiger partial charge in [0.2, 0.25) is 0 Å². The number of hydrogen-bond donors (Lipinski definition) is 1. The highest BCUT2D eigenvalue weighted by Gasteiger charge is 2.29. The van der Waals surface area contributed by atoms with Crippen LogP contribution in [0.15, 0.2) is 0 Å². The van der Waals surface area contributed by atoms with Gasteiger partial charge < -0.3 is 15.4 Å². The van der Waals surface area contributed by atoms with E-state index in [1.165, 1.54) is 0 Å². The zero-order valence-corrected chi connectivity index (χ0v) is 10.8. The summed E-state index contributed by atoms with van der Waals surface area (Å²) in [4.78, 5) is 13.5. The molecule has 0 aliphatic heterocycles. The van der Waals surface area contributed by atoms with Crippen molar-refractivity contribution in [3.8, 4) is 0 Å². The third-order valence-corrected chi connectivity index (χ3v) is 1.78. The highest BCUT2D eigenvalue weighted by atomic mass is 16.6. The van der Waals surface area contributed by atoms with Gasteiger partial charge in [0.25, 0.3) is 0 Å². The molecule has 15 heavy (non-hydrogen) atoms. The summed E-state index contributed by atoms with van der Waals surface area (Å²) < 4.78 is 5.31. The molecule has 0 rings (SSSR count). The summed E-state index contributed by atoms with van der Waals surface area (Å²) in [6.07, 6.45) is -0.305. The second kappa shape index (κ2) is 4.84. The van der Waals surface area contributed by atoms with Crippen LogP contribution in [-0.4, -0.2) is 35.2 Å². The van der Waals surface area contributed by atoms with Crippen LogP contribution in [-0.2, 0) is 4.74 Å². The quantitative estimate of drug-likeness (QED) is 0.768. The molecule has 0 heterocycles. The lowest BCUT2D eigenvalue weighted by atomic mass is 10.1. The second-order valence-corrected chi connectivity index (χ2v) is 5.59. The molecule has 0 fully saturated rings. The van der Waals surface area contributed by atoms with Gasteiger partial charge in [-0.05, 0) is 41.5 Å². The Kier molecular flexibility index (Phi) is 4.59. The fraction of sp³-hybridized carbons (Fsp3) is 0.909. The molecule has 0 aromatic rings. The Morgan fingerprint density at radius 3 is 1.93 bits per heavy atom. The summed E-state index contributed by atoms with van der Waals surface area (Å²) in [7, 11) is 0. The van der Waals surface area contributed by atoms with E-state index in [-0.39, 0.29) is 11.6 Å². The van der Waals surface area contributed by atoms with Gasteiger partial charge >= 0.3 is 6.09 Å². The maximum Gasteiger partial charge on any atom is 0.410 e. The zero-order valence-electron chi connectivity index (χ0n) is 10.8. The largest absolute Gasteiger partial charge is 0.444 e. The zero-order chi connectivity index (χ0) is 12.3. The van der Waals surface area contributed by atoms with Crippen LogP contribution >= 0.6 is 0 Å². The number of nitrogens with zero attached hydrogens (tertiary/aromatic N) is 1. The van der Waals surface area contributed by atoms with Gasteiger partial charge in [0.15, 0.2) is 0 Å². The van der Waals surface area contributed by atoms with E-state index in [0.29, 0.717) is 13.1 Å². The summed E-state index contributed by atoms with van der Waals surface area (Å²) in [6, 6.07) is 0. The molecule has 0 unspecified atom stereocenters. The van der Waals surface area contributed by atoms with Gasteiger partial charge in [0.1, 0.15) is 5.60 Å². The third kappa shape index (κ3) is 5.62. The second-order valence-electron chi connectivity index (χ2n) is 5.59. The smallest absolute Gasteiger partial charge is 0.410 e. The molecule has 0 saturated heterocycles. The van der Waals surface area contributed by atoms with Crippen molar-refractivity contribution in [1.29, 1.82) is 0 Å². The van der Waals surface area contributed by atoms with Gasteiger partial charge in [-0.25, -0.2) is 4.79 Å². The van der Waals surface area contributed by atoms with E-state index in [1.807, 2.05) is 41.5 Å². The monoisotopic (exact) mass is 216 g/mol. The first-order chi connectivity index (χ1) is 6.58. The van der Waals surface area contributed by atoms with Crippen LogP contribution < -0.4 is 5.73 Å². The lowest BCUT2D eigenvalue weighted by Gasteiger charge is -2.36. The number of hydrogen-bond acceptors (Lipinski definition) is 3. The molecule has 0 aromatic heterocycles. The van der Waals surface area contributed by atoms with Gasteiger partial charge in [-0.15, -0.1) is 0 Å². The molecule has 4 nitrogen and oxygen atoms in total. The van der Waals surface area contributed by atoms with Crippen molar-refractivity contribution in [2.75, 3.05) is 13.1 Å². The third-order valence-electron chi connectivity index (χ3n) is 1.78. The normalized spacial score (nSPS) is 12.5. The van der Waals surface area contributed by atoms with E-state index in [4.69, 9.17) is 10.5 Å². The minimum Gasteiger partial charge on any atom is -0.444 e. The van der Waals surface area contributed by atoms with E-state index < -0.39 is 5.60 Å². The molecular formula is C11H24N2O2. The summed E-state index contributed by atoms with van der Waals surface area (Å²) in [5.74, 6) is 0. The molecule has 0 spiro atoms. The number of ether oxygens (including phenoxy) is 1. The van der Waals surface area contributed by atoms with Crippen molar-refractivity contribution in [3.05, 3.63) is 0 Å². The number of nitrogens with two attached hydrogens (primary N) is 1. The van der Waals surface area contributed by atoms with Crippen molar-refractivity contribution >= 4 is 6.09 Å². The molecule has 0 aromatic carbocycles. The molecule has 0 atom stereocenters. The van der Waals surface area contributed by atoms with Crippen LogP contribution in [0.25, 0.3) is 0 Å². The van der Waals surface area contributed by atoms with Crippen LogP contribution in [0.2, 0.25) is 0 Å². The van der Waals surface area contributed by atoms with Gasteiger partial charge in [-0.1, -0.05) is 0 Å². The van der Waals surface area contributed by atoms with Crippen molar-refractivity contribution in [3.63, 3.8) is 0 Å². The average molecular weight is 216 g/mol. The summed E-state index contributed by atoms with van der Waals surface area (Å²) >= 11 is 0. The molecular weight excluding hydrogens is 192 g/mol. The lowest BCUT2D eigenvalue weighted by molar-refractivity contribution is 0.00721. The Morgan fingerprint density at radius 2 is 1.67 bits per heavy atom. The van der Waals surface area contributed by atoms with Crippen molar-refractivity contribution < 1.29 is 9.53 Å². The first kappa shape index (κ1) is 14.2. The molecule has 4 heteroatoms. The minimum absolute atomic E-state index is 0.262. The Balaban J connectivity index is 4.58. The number of carbonyl (C=O) groups is 1. The Labute approximate surface area is 92.8 Å². The van der Waals surface area contributed by atoms with Crippen LogP contribution in [0, 0.1) is 0 Å². The Morgan fingerprint density at radius 1 is 1.20 bits per heavy atom. The fourth-order valence-corrected chi connectivity index (χ4v) is 1.15. The summed E-state index contributed by atoms with van der Waals surface area (Å²) in [5, 5.41) is 0. The van der Waals surface area contributed by atoms with E-state index in [9.17, 15) is 4.79 Å². The predicted octanol–water partition coefficient (Wildman–Crippen LogP) is 1.98. The minimum atomic E-state index is -0.463. The number of amides is 1. The van der Waals surface area contributed by atoms with Crippen LogP contribution in [0.4, 0.5) is 4.79 Å². The topological polar surface area (TPSA) is 55.6 Å². The number of carbonyl (C=O) groups excluding carboxylic acids is 1. The van der Waals surface area contributed by atoms with Crippen molar-refractivity contribution in [2.45, 2.75) is 52.7 Å². The van der Waals surface area contributed by atoms with Gasteiger partial charge in [0.05, 0.1) is 0 Å². The summed E-state index contributed by atoms with van der Waals surface area (Å²) in [5.41, 5.74) is 4.75. The highest BCUT2D eigenvalue weighted by molar-refractivity contribution is 5.69. The molecule has 0 saturated carbocycles. The van der Waals surface area contributed by atoms with Crippen LogP contribution in [0.3, 0.4) is 0 Å². The fourth-order valence-electron chi connectivity index (χ4n) is 1.15. The maximum absolute atomic E-state index is 11.8. The SMILES string of the molecule is CC(C)(C)OC(=O)N(CCN)C(C)(C)C. The molecule has 0 radical (unpaired) electrons. The Bertz CT molecular complexity index is 214. The standard InChI is InChI=1S/C11H24N2O2/c1-10(2,3)13(8-7-12)9(14)15-11(4,5)6/h7-8,12H2,1-6H3. The van der Waals surface area contributed by atoms with Gasteiger partial charge in [-0.3, -0.25) is 0 Å². The Hall–Kier alpha value is -0.770. The molecule has 90 valence electrons.